The highest BCUT2D eigenvalue weighted by Gasteiger charge is 2.47. The second-order valence-electron chi connectivity index (χ2n) is 7.51. The molecule has 2 aliphatic rings. The maximum Gasteiger partial charge on any atom is 0.336 e. The van der Waals surface area contributed by atoms with Crippen molar-refractivity contribution in [1.82, 2.24) is 5.32 Å². The van der Waals surface area contributed by atoms with Crippen molar-refractivity contribution in [1.29, 1.82) is 0 Å². The minimum atomic E-state index is -0.998. The number of halogens is 1. The van der Waals surface area contributed by atoms with Gasteiger partial charge in [-0.2, -0.15) is 0 Å². The molecule has 1 aliphatic carbocycles. The minimum Gasteiger partial charge on any atom is -0.465 e. The molecule has 0 spiro atoms. The Morgan fingerprint density at radius 3 is 2.47 bits per heavy atom. The van der Waals surface area contributed by atoms with Crippen LogP contribution in [0.1, 0.15) is 45.6 Å². The summed E-state index contributed by atoms with van der Waals surface area (Å²) in [5.74, 6) is -4.46. The summed E-state index contributed by atoms with van der Waals surface area (Å²) in [5.41, 5.74) is 1.71. The average Bonchev–Trinajstić information content (AvgIpc) is 2.67. The third-order valence-electron chi connectivity index (χ3n) is 5.54. The summed E-state index contributed by atoms with van der Waals surface area (Å²) in [7, 11) is 0. The van der Waals surface area contributed by atoms with Crippen LogP contribution in [-0.4, -0.2) is 30.9 Å². The lowest BCUT2D eigenvalue weighted by Gasteiger charge is -2.38. The van der Waals surface area contributed by atoms with Crippen molar-refractivity contribution >= 4 is 17.7 Å². The first-order valence-corrected chi connectivity index (χ1v) is 10.1. The van der Waals surface area contributed by atoms with E-state index in [0.717, 1.165) is 0 Å². The van der Waals surface area contributed by atoms with Crippen LogP contribution in [0.15, 0.2) is 46.8 Å². The highest BCUT2D eigenvalue weighted by atomic mass is 19.1. The number of esters is 2. The van der Waals surface area contributed by atoms with E-state index in [4.69, 9.17) is 9.47 Å². The van der Waals surface area contributed by atoms with Gasteiger partial charge in [0.15, 0.2) is 5.78 Å². The predicted molar refractivity (Wildman–Crippen MR) is 108 cm³/mol. The molecule has 0 amide bonds. The molecule has 1 aromatic rings. The van der Waals surface area contributed by atoms with Crippen molar-refractivity contribution in [2.24, 2.45) is 11.8 Å². The number of carbonyl (C=O) groups is 3. The number of hydrogen-bond acceptors (Lipinski definition) is 6. The van der Waals surface area contributed by atoms with Crippen LogP contribution < -0.4 is 5.32 Å². The normalized spacial score (nSPS) is 23.6. The van der Waals surface area contributed by atoms with E-state index < -0.39 is 35.4 Å². The summed E-state index contributed by atoms with van der Waals surface area (Å²) in [4.78, 5) is 38.8. The number of hydrogen-bond donors (Lipinski definition) is 1. The van der Waals surface area contributed by atoms with Crippen molar-refractivity contribution in [3.8, 4) is 0 Å². The molecule has 3 atom stereocenters. The Balaban J connectivity index is 2.18. The molecule has 1 N–H and O–H groups in total. The van der Waals surface area contributed by atoms with Gasteiger partial charge in [0.25, 0.3) is 0 Å². The lowest BCUT2D eigenvalue weighted by Crippen LogP contribution is -2.43. The van der Waals surface area contributed by atoms with E-state index in [1.807, 2.05) is 6.92 Å². The molecule has 3 rings (SSSR count). The van der Waals surface area contributed by atoms with Crippen LogP contribution in [0.4, 0.5) is 4.39 Å². The summed E-state index contributed by atoms with van der Waals surface area (Å²) >= 11 is 0. The van der Waals surface area contributed by atoms with Gasteiger partial charge in [0, 0.05) is 22.5 Å². The molecule has 160 valence electrons. The zero-order valence-corrected chi connectivity index (χ0v) is 17.6. The van der Waals surface area contributed by atoms with Gasteiger partial charge in [-0.25, -0.2) is 9.18 Å². The Morgan fingerprint density at radius 2 is 1.83 bits per heavy atom. The van der Waals surface area contributed by atoms with E-state index in [9.17, 15) is 18.8 Å². The van der Waals surface area contributed by atoms with Crippen molar-refractivity contribution in [3.05, 3.63) is 58.2 Å². The molecule has 3 unspecified atom stereocenters. The Morgan fingerprint density at radius 1 is 1.17 bits per heavy atom. The highest BCUT2D eigenvalue weighted by Crippen LogP contribution is 2.46. The van der Waals surface area contributed by atoms with Crippen molar-refractivity contribution in [2.75, 3.05) is 13.2 Å². The Hall–Kier alpha value is -2.96. The number of benzene rings is 1. The van der Waals surface area contributed by atoms with Gasteiger partial charge in [0.2, 0.25) is 0 Å². The lowest BCUT2D eigenvalue weighted by atomic mass is 9.69. The summed E-state index contributed by atoms with van der Waals surface area (Å²) in [5, 5.41) is 3.14. The van der Waals surface area contributed by atoms with Gasteiger partial charge in [-0.3, -0.25) is 9.59 Å². The van der Waals surface area contributed by atoms with Gasteiger partial charge in [-0.15, -0.1) is 0 Å². The smallest absolute Gasteiger partial charge is 0.336 e. The molecule has 7 heteroatoms. The van der Waals surface area contributed by atoms with Gasteiger partial charge < -0.3 is 14.8 Å². The van der Waals surface area contributed by atoms with Gasteiger partial charge in [0.1, 0.15) is 11.7 Å². The van der Waals surface area contributed by atoms with E-state index in [0.29, 0.717) is 17.8 Å². The Bertz CT molecular complexity index is 949. The zero-order valence-electron chi connectivity index (χ0n) is 17.6. The fourth-order valence-corrected chi connectivity index (χ4v) is 4.29. The third kappa shape index (κ3) is 3.76. The van der Waals surface area contributed by atoms with Gasteiger partial charge in [-0.05, 0) is 39.2 Å². The van der Waals surface area contributed by atoms with Crippen LogP contribution in [0, 0.1) is 17.7 Å². The second kappa shape index (κ2) is 8.81. The molecule has 30 heavy (non-hydrogen) atoms. The van der Waals surface area contributed by atoms with Crippen LogP contribution >= 0.6 is 0 Å². The molecule has 0 bridgehead atoms. The SMILES string of the molecule is CCOC(=O)C1=C(C)NC2=C(C(=O)C(C(=O)OCC)C(C)C2)C1c1ccccc1F. The fraction of sp³-hybridized carbons (Fsp3) is 0.435. The maximum atomic E-state index is 14.8. The minimum absolute atomic E-state index is 0.141. The Kier molecular flexibility index (Phi) is 6.39. The van der Waals surface area contributed by atoms with E-state index in [1.54, 1.807) is 39.0 Å². The van der Waals surface area contributed by atoms with Crippen LogP contribution in [0.25, 0.3) is 0 Å². The van der Waals surface area contributed by atoms with E-state index in [1.165, 1.54) is 6.07 Å². The van der Waals surface area contributed by atoms with Crippen molar-refractivity contribution in [2.45, 2.75) is 40.0 Å². The molecule has 1 heterocycles. The number of allylic oxidation sites excluding steroid dienone is 3. The molecule has 0 saturated carbocycles. The van der Waals surface area contributed by atoms with Gasteiger partial charge >= 0.3 is 11.9 Å². The average molecular weight is 415 g/mol. The summed E-state index contributed by atoms with van der Waals surface area (Å²) in [6, 6.07) is 6.03. The quantitative estimate of drug-likeness (QED) is 0.586. The van der Waals surface area contributed by atoms with E-state index in [2.05, 4.69) is 5.32 Å². The molecular formula is C23H26FNO5. The number of ether oxygens (including phenoxy) is 2. The molecule has 6 nitrogen and oxygen atoms in total. The van der Waals surface area contributed by atoms with Crippen LogP contribution in [0.5, 0.6) is 0 Å². The summed E-state index contributed by atoms with van der Waals surface area (Å²) in [6.45, 7) is 7.16. The van der Waals surface area contributed by atoms with E-state index in [-0.39, 0.29) is 35.8 Å². The molecular weight excluding hydrogens is 389 g/mol. The molecule has 0 saturated heterocycles. The number of rotatable bonds is 5. The molecule has 0 radical (unpaired) electrons. The van der Waals surface area contributed by atoms with E-state index >= 15 is 0 Å². The molecule has 1 aliphatic heterocycles. The summed E-state index contributed by atoms with van der Waals surface area (Å²) in [6.07, 6.45) is 0.406. The van der Waals surface area contributed by atoms with Crippen molar-refractivity contribution in [3.63, 3.8) is 0 Å². The topological polar surface area (TPSA) is 81.7 Å². The predicted octanol–water partition coefficient (Wildman–Crippen LogP) is 3.39. The zero-order chi connectivity index (χ0) is 22.0. The molecule has 1 aromatic carbocycles. The van der Waals surface area contributed by atoms with Crippen LogP contribution in [0.2, 0.25) is 0 Å². The first kappa shape index (κ1) is 21.7. The highest BCUT2D eigenvalue weighted by molar-refractivity contribution is 6.12. The number of Topliss-reactive ketones (excluding diaryl/α,β-unsaturated/α-hetero) is 1. The van der Waals surface area contributed by atoms with Crippen LogP contribution in [-0.2, 0) is 23.9 Å². The molecule has 0 aromatic heterocycles. The number of ketones is 1. The van der Waals surface area contributed by atoms with Gasteiger partial charge in [-0.1, -0.05) is 25.1 Å². The van der Waals surface area contributed by atoms with Crippen molar-refractivity contribution < 1.29 is 28.2 Å². The second-order valence-corrected chi connectivity index (χ2v) is 7.51. The fourth-order valence-electron chi connectivity index (χ4n) is 4.29. The van der Waals surface area contributed by atoms with Crippen LogP contribution in [0.3, 0.4) is 0 Å². The third-order valence-corrected chi connectivity index (χ3v) is 5.54. The monoisotopic (exact) mass is 415 g/mol. The first-order valence-electron chi connectivity index (χ1n) is 10.1. The standard InChI is InChI=1S/C23H26FNO5/c1-5-29-22(27)17-12(3)11-16-20(21(17)26)19(14-9-7-8-10-15(14)24)18(13(4)25-16)23(28)30-6-2/h7-10,12,17,19,25H,5-6,11H2,1-4H3. The van der Waals surface area contributed by atoms with Gasteiger partial charge in [0.05, 0.1) is 24.7 Å². The first-order chi connectivity index (χ1) is 14.3. The Labute approximate surface area is 175 Å². The molecule has 0 fully saturated rings. The number of nitrogens with one attached hydrogen (secondary N) is 1. The summed E-state index contributed by atoms with van der Waals surface area (Å²) < 4.78 is 25.2. The maximum absolute atomic E-state index is 14.8. The number of dihydropyridines is 1. The lowest BCUT2D eigenvalue weighted by molar-refractivity contribution is -0.153. The number of carbonyl (C=O) groups excluding carboxylic acids is 3. The largest absolute Gasteiger partial charge is 0.465 e.